The highest BCUT2D eigenvalue weighted by Crippen LogP contribution is 2.68. The van der Waals surface area contributed by atoms with Crippen LogP contribution in [0, 0.1) is 46.3 Å². The van der Waals surface area contributed by atoms with Gasteiger partial charge in [-0.25, -0.2) is 4.39 Å². The topological polar surface area (TPSA) is 63.6 Å². The van der Waals surface area contributed by atoms with Crippen LogP contribution in [0.15, 0.2) is 0 Å². The van der Waals surface area contributed by atoms with Gasteiger partial charge in [-0.05, 0) is 85.4 Å². The Bertz CT molecular complexity index is 695. The van der Waals surface area contributed by atoms with E-state index in [2.05, 4.69) is 20.8 Å². The molecule has 0 amide bonds. The number of ketones is 1. The predicted octanol–water partition coefficient (Wildman–Crippen LogP) is 4.72. The number of hydrogen-bond acceptors (Lipinski definition) is 4. The van der Waals surface area contributed by atoms with Gasteiger partial charge in [0.1, 0.15) is 12.0 Å². The number of esters is 1. The minimum absolute atomic E-state index is 0.137. The molecule has 30 heavy (non-hydrogen) atoms. The second-order valence-electron chi connectivity index (χ2n) is 11.4. The average Bonchev–Trinajstić information content (AvgIpc) is 3.05. The smallest absolute Gasteiger partial charge is 0.305 e. The van der Waals surface area contributed by atoms with E-state index in [0.29, 0.717) is 55.3 Å². The first-order valence-electron chi connectivity index (χ1n) is 12.0. The van der Waals surface area contributed by atoms with E-state index in [-0.39, 0.29) is 28.5 Å². The van der Waals surface area contributed by atoms with Crippen LogP contribution in [-0.2, 0) is 14.3 Å². The predicted molar refractivity (Wildman–Crippen MR) is 112 cm³/mol. The summed E-state index contributed by atoms with van der Waals surface area (Å²) in [5.41, 5.74) is -0.113. The van der Waals surface area contributed by atoms with Crippen molar-refractivity contribution in [1.29, 1.82) is 0 Å². The molecule has 0 aromatic carbocycles. The van der Waals surface area contributed by atoms with Gasteiger partial charge in [0, 0.05) is 18.8 Å². The maximum absolute atomic E-state index is 14.6. The summed E-state index contributed by atoms with van der Waals surface area (Å²) in [6, 6.07) is 0. The number of methoxy groups -OCH3 is 1. The van der Waals surface area contributed by atoms with Crippen molar-refractivity contribution in [2.45, 2.75) is 90.8 Å². The number of halogens is 1. The van der Waals surface area contributed by atoms with E-state index in [1.54, 1.807) is 0 Å². The van der Waals surface area contributed by atoms with E-state index in [4.69, 9.17) is 4.74 Å². The molecule has 1 N–H and O–H groups in total. The van der Waals surface area contributed by atoms with Gasteiger partial charge in [-0.3, -0.25) is 9.59 Å². The normalized spacial score (nSPS) is 49.0. The van der Waals surface area contributed by atoms with Crippen molar-refractivity contribution in [3.8, 4) is 0 Å². The lowest BCUT2D eigenvalue weighted by atomic mass is 9.44. The van der Waals surface area contributed by atoms with Gasteiger partial charge in [-0.1, -0.05) is 20.8 Å². The van der Waals surface area contributed by atoms with E-state index < -0.39 is 12.3 Å². The van der Waals surface area contributed by atoms with Crippen molar-refractivity contribution in [1.82, 2.24) is 0 Å². The molecular weight excluding hydrogens is 383 g/mol. The van der Waals surface area contributed by atoms with Crippen molar-refractivity contribution < 1.29 is 23.8 Å². The number of carbonyl (C=O) groups is 2. The van der Waals surface area contributed by atoms with E-state index in [1.807, 2.05) is 0 Å². The molecule has 0 aromatic rings. The summed E-state index contributed by atoms with van der Waals surface area (Å²) in [7, 11) is 1.45. The molecule has 4 fully saturated rings. The van der Waals surface area contributed by atoms with Crippen LogP contribution in [0.4, 0.5) is 4.39 Å². The van der Waals surface area contributed by atoms with Crippen LogP contribution in [0.25, 0.3) is 0 Å². The summed E-state index contributed by atoms with van der Waals surface area (Å²) in [6.45, 7) is 6.83. The Morgan fingerprint density at radius 2 is 1.93 bits per heavy atom. The fraction of sp³-hybridized carbons (Fsp3) is 0.920. The highest BCUT2D eigenvalue weighted by Gasteiger charge is 2.63. The van der Waals surface area contributed by atoms with E-state index in [0.717, 1.165) is 32.1 Å². The number of aliphatic hydroxyl groups is 1. The Hall–Kier alpha value is -0.970. The van der Waals surface area contributed by atoms with Crippen molar-refractivity contribution in [3.05, 3.63) is 0 Å². The molecule has 0 bridgehead atoms. The minimum Gasteiger partial charge on any atom is -0.469 e. The number of fused-ring (bicyclic) bond motifs is 5. The average molecular weight is 423 g/mol. The van der Waals surface area contributed by atoms with Crippen LogP contribution in [-0.4, -0.2) is 36.2 Å². The van der Waals surface area contributed by atoms with Gasteiger partial charge in [0.25, 0.3) is 0 Å². The minimum atomic E-state index is -1.21. The number of aliphatic hydroxyl groups excluding tert-OH is 1. The molecule has 4 rings (SSSR count). The van der Waals surface area contributed by atoms with Crippen LogP contribution in [0.2, 0.25) is 0 Å². The number of rotatable bonds is 4. The summed E-state index contributed by atoms with van der Waals surface area (Å²) < 4.78 is 19.4. The van der Waals surface area contributed by atoms with Gasteiger partial charge in [-0.2, -0.15) is 0 Å². The molecule has 0 heterocycles. The van der Waals surface area contributed by atoms with Crippen LogP contribution in [0.3, 0.4) is 0 Å². The standard InChI is InChI=1S/C25H39FO4/c1-14(5-8-23(29)30-4)16-6-7-17-15-11-21(27)19-12-22(28)20(26)13-25(19,3)18(15)9-10-24(16,17)2/h14-20,22,28H,5-13H2,1-4H3/t14-,15+,16-,17+,18+,19-,20+,22+,24-,25-/m1/s1. The number of Topliss-reactive ketones (excluding diaryl/α,β-unsaturated/α-hetero) is 1. The maximum atomic E-state index is 14.6. The monoisotopic (exact) mass is 422 g/mol. The molecule has 0 spiro atoms. The molecule has 0 aliphatic heterocycles. The summed E-state index contributed by atoms with van der Waals surface area (Å²) in [6.07, 6.45) is 4.86. The molecule has 4 aliphatic carbocycles. The van der Waals surface area contributed by atoms with E-state index >= 15 is 0 Å². The molecule has 0 unspecified atom stereocenters. The highest BCUT2D eigenvalue weighted by molar-refractivity contribution is 5.83. The number of carbonyl (C=O) groups excluding carboxylic acids is 2. The van der Waals surface area contributed by atoms with Gasteiger partial charge in [0.05, 0.1) is 13.2 Å². The van der Waals surface area contributed by atoms with Crippen molar-refractivity contribution in [2.75, 3.05) is 7.11 Å². The van der Waals surface area contributed by atoms with Crippen molar-refractivity contribution in [2.24, 2.45) is 46.3 Å². The third-order valence-electron chi connectivity index (χ3n) is 10.2. The van der Waals surface area contributed by atoms with Crippen molar-refractivity contribution in [3.63, 3.8) is 0 Å². The summed E-state index contributed by atoms with van der Waals surface area (Å²) in [5.74, 6) is 2.20. The van der Waals surface area contributed by atoms with Crippen LogP contribution >= 0.6 is 0 Å². The Kier molecular flexibility index (Phi) is 5.83. The molecule has 10 atom stereocenters. The first-order valence-corrected chi connectivity index (χ1v) is 12.0. The van der Waals surface area contributed by atoms with Gasteiger partial charge >= 0.3 is 5.97 Å². The van der Waals surface area contributed by atoms with Gasteiger partial charge < -0.3 is 9.84 Å². The molecule has 0 aromatic heterocycles. The highest BCUT2D eigenvalue weighted by atomic mass is 19.1. The third-order valence-corrected chi connectivity index (χ3v) is 10.2. The third kappa shape index (κ3) is 3.34. The Morgan fingerprint density at radius 1 is 1.23 bits per heavy atom. The summed E-state index contributed by atoms with van der Waals surface area (Å²) >= 11 is 0. The maximum Gasteiger partial charge on any atom is 0.305 e. The van der Waals surface area contributed by atoms with Crippen LogP contribution < -0.4 is 0 Å². The number of hydrogen-bond donors (Lipinski definition) is 1. The lowest BCUT2D eigenvalue weighted by molar-refractivity contribution is -0.167. The number of ether oxygens (including phenoxy) is 1. The zero-order valence-electron chi connectivity index (χ0n) is 19.0. The Labute approximate surface area is 180 Å². The van der Waals surface area contributed by atoms with Crippen LogP contribution in [0.5, 0.6) is 0 Å². The summed E-state index contributed by atoms with van der Waals surface area (Å²) in [5, 5.41) is 10.1. The second kappa shape index (κ2) is 7.86. The quantitative estimate of drug-likeness (QED) is 0.666. The molecule has 4 saturated carbocycles. The fourth-order valence-electron chi connectivity index (χ4n) is 8.66. The van der Waals surface area contributed by atoms with Gasteiger partial charge in [0.15, 0.2) is 0 Å². The van der Waals surface area contributed by atoms with E-state index in [1.165, 1.54) is 7.11 Å². The van der Waals surface area contributed by atoms with Crippen LogP contribution in [0.1, 0.15) is 78.6 Å². The molecule has 170 valence electrons. The SMILES string of the molecule is COC(=O)CC[C@@H](C)[C@H]1CC[C@H]2[C@@H]3CC(=O)[C@H]4C[C@H](O)[C@@H](F)C[C@]4(C)[C@H]3CC[C@]12C. The second-order valence-corrected chi connectivity index (χ2v) is 11.4. The molecule has 4 aliphatic rings. The van der Waals surface area contributed by atoms with E-state index in [9.17, 15) is 19.1 Å². The zero-order valence-corrected chi connectivity index (χ0v) is 19.0. The molecule has 5 heteroatoms. The van der Waals surface area contributed by atoms with Crippen molar-refractivity contribution >= 4 is 11.8 Å². The summed E-state index contributed by atoms with van der Waals surface area (Å²) in [4.78, 5) is 24.8. The lowest BCUT2D eigenvalue weighted by Crippen LogP contribution is -2.59. The molecule has 4 nitrogen and oxygen atoms in total. The Balaban J connectivity index is 1.54. The first kappa shape index (κ1) is 22.2. The molecular formula is C25H39FO4. The fourth-order valence-corrected chi connectivity index (χ4v) is 8.66. The van der Waals surface area contributed by atoms with Gasteiger partial charge in [0.2, 0.25) is 0 Å². The Morgan fingerprint density at radius 3 is 2.63 bits per heavy atom. The van der Waals surface area contributed by atoms with Gasteiger partial charge in [-0.15, -0.1) is 0 Å². The largest absolute Gasteiger partial charge is 0.469 e. The first-order chi connectivity index (χ1) is 14.1. The molecule has 0 radical (unpaired) electrons. The molecule has 0 saturated heterocycles. The number of alkyl halides is 1. The lowest BCUT2D eigenvalue weighted by Gasteiger charge is -2.60. The zero-order chi connectivity index (χ0) is 21.8.